The highest BCUT2D eigenvalue weighted by atomic mass is 16.3. The number of nitrogens with one attached hydrogen (secondary N) is 3. The van der Waals surface area contributed by atoms with Gasteiger partial charge in [-0.3, -0.25) is 24.9 Å². The van der Waals surface area contributed by atoms with E-state index >= 15 is 0 Å². The van der Waals surface area contributed by atoms with Crippen molar-refractivity contribution in [1.29, 1.82) is 5.26 Å². The molecule has 0 aliphatic carbocycles. The van der Waals surface area contributed by atoms with E-state index in [1.165, 1.54) is 6.20 Å². The molecule has 4 rings (SSSR count). The van der Waals surface area contributed by atoms with Gasteiger partial charge in [0.15, 0.2) is 0 Å². The Kier molecular flexibility index (Phi) is 12.4. The lowest BCUT2D eigenvalue weighted by atomic mass is 9.94. The highest BCUT2D eigenvalue weighted by Crippen LogP contribution is 2.26. The van der Waals surface area contributed by atoms with Crippen LogP contribution in [-0.4, -0.2) is 90.9 Å². The third-order valence-electron chi connectivity index (χ3n) is 7.27. The minimum absolute atomic E-state index is 0.193. The number of aliphatic imine (C=N–C) groups is 1. The smallest absolute Gasteiger partial charge is 0.273 e. The molecule has 1 unspecified atom stereocenters. The molecule has 2 saturated heterocycles. The van der Waals surface area contributed by atoms with Crippen molar-refractivity contribution in [3.8, 4) is 6.07 Å². The third-order valence-corrected chi connectivity index (χ3v) is 7.27. The van der Waals surface area contributed by atoms with Crippen LogP contribution in [0.25, 0.3) is 0 Å². The maximum absolute atomic E-state index is 12.8. The lowest BCUT2D eigenvalue weighted by Gasteiger charge is -2.36. The van der Waals surface area contributed by atoms with Crippen LogP contribution in [0.1, 0.15) is 44.8 Å². The van der Waals surface area contributed by atoms with Gasteiger partial charge in [0.2, 0.25) is 0 Å². The summed E-state index contributed by atoms with van der Waals surface area (Å²) in [5, 5.41) is 31.5. The lowest BCUT2D eigenvalue weighted by molar-refractivity contribution is 0.169. The van der Waals surface area contributed by atoms with Gasteiger partial charge in [0.05, 0.1) is 30.1 Å². The largest absolute Gasteiger partial charge is 0.395 e. The first-order valence-corrected chi connectivity index (χ1v) is 13.9. The van der Waals surface area contributed by atoms with E-state index in [1.807, 2.05) is 26.0 Å². The molecule has 2 fully saturated rings. The van der Waals surface area contributed by atoms with Crippen molar-refractivity contribution in [3.05, 3.63) is 46.4 Å². The van der Waals surface area contributed by atoms with E-state index in [4.69, 9.17) is 10.4 Å². The number of aromatic nitrogens is 2. The number of likely N-dealkylation sites (tertiary alicyclic amines) is 1. The fourth-order valence-electron chi connectivity index (χ4n) is 5.03. The minimum Gasteiger partial charge on any atom is -0.395 e. The van der Waals surface area contributed by atoms with Crippen molar-refractivity contribution in [2.75, 3.05) is 69.3 Å². The first-order valence-electron chi connectivity index (χ1n) is 13.9. The Bertz CT molecular complexity index is 1100. The Morgan fingerprint density at radius 1 is 1.15 bits per heavy atom. The maximum Gasteiger partial charge on any atom is 0.273 e. The summed E-state index contributed by atoms with van der Waals surface area (Å²) in [6.07, 6.45) is 3.61. The van der Waals surface area contributed by atoms with Gasteiger partial charge in [-0.15, -0.1) is 0 Å². The zero-order valence-corrected chi connectivity index (χ0v) is 23.3. The van der Waals surface area contributed by atoms with Gasteiger partial charge in [0.25, 0.3) is 5.56 Å². The SMILES string of the molecule is C=Nc1cn[nH]c(=O)c1C(NCN1CCC(CC#N)CC1)Nc1ccc(N2CCN(CCO)CC2)cc1.CC. The molecule has 1 aromatic carbocycles. The number of rotatable bonds is 11. The van der Waals surface area contributed by atoms with Crippen LogP contribution in [0.2, 0.25) is 0 Å². The van der Waals surface area contributed by atoms with Crippen LogP contribution >= 0.6 is 0 Å². The number of piperidine rings is 1. The zero-order chi connectivity index (χ0) is 28.0. The second-order valence-electron chi connectivity index (χ2n) is 9.62. The van der Waals surface area contributed by atoms with E-state index in [0.717, 1.165) is 70.0 Å². The first kappa shape index (κ1) is 30.2. The maximum atomic E-state index is 12.8. The van der Waals surface area contributed by atoms with Gasteiger partial charge < -0.3 is 15.3 Å². The predicted octanol–water partition coefficient (Wildman–Crippen LogP) is 2.53. The van der Waals surface area contributed by atoms with Gasteiger partial charge >= 0.3 is 0 Å². The minimum atomic E-state index is -0.503. The molecular formula is C28H43N9O2. The highest BCUT2D eigenvalue weighted by molar-refractivity contribution is 5.58. The van der Waals surface area contributed by atoms with Gasteiger partial charge in [-0.1, -0.05) is 13.8 Å². The van der Waals surface area contributed by atoms with Crippen molar-refractivity contribution in [1.82, 2.24) is 25.3 Å². The molecule has 3 heterocycles. The number of benzene rings is 1. The third kappa shape index (κ3) is 8.60. The van der Waals surface area contributed by atoms with E-state index < -0.39 is 6.17 Å². The quantitative estimate of drug-likeness (QED) is 0.252. The van der Waals surface area contributed by atoms with Crippen LogP contribution in [0.3, 0.4) is 0 Å². The van der Waals surface area contributed by atoms with Crippen molar-refractivity contribution in [3.63, 3.8) is 0 Å². The molecule has 2 aliphatic heterocycles. The summed E-state index contributed by atoms with van der Waals surface area (Å²) in [7, 11) is 0. The van der Waals surface area contributed by atoms with E-state index in [2.05, 4.69) is 65.4 Å². The number of nitriles is 1. The molecule has 212 valence electrons. The molecule has 0 spiro atoms. The first-order chi connectivity index (χ1) is 19.1. The Hall–Kier alpha value is -3.30. The van der Waals surface area contributed by atoms with Crippen LogP contribution in [0.5, 0.6) is 0 Å². The van der Waals surface area contributed by atoms with Crippen LogP contribution in [0.15, 0.2) is 40.2 Å². The van der Waals surface area contributed by atoms with Crippen LogP contribution in [0.4, 0.5) is 17.1 Å². The van der Waals surface area contributed by atoms with Gasteiger partial charge in [0, 0.05) is 57.2 Å². The molecule has 1 atom stereocenters. The Labute approximate surface area is 231 Å². The second kappa shape index (κ2) is 16.0. The fourth-order valence-corrected chi connectivity index (χ4v) is 5.03. The monoisotopic (exact) mass is 537 g/mol. The molecule has 2 aromatic rings. The Balaban J connectivity index is 0.00000205. The standard InChI is InChI=1S/C26H37N9O2.C2H6/c1-28-23-18-30-32-26(37)24(23)25(29-19-34-10-7-20(6-9-27)8-11-34)31-21-2-4-22(5-3-21)35-14-12-33(13-15-35)16-17-36;1-2/h2-5,18,20,25,29,31,36H,1,6-8,10-17,19H2,(H,32,37);1-2H3. The van der Waals surface area contributed by atoms with Crippen LogP contribution in [0, 0.1) is 17.2 Å². The zero-order valence-electron chi connectivity index (χ0n) is 23.3. The Morgan fingerprint density at radius 2 is 1.85 bits per heavy atom. The van der Waals surface area contributed by atoms with E-state index in [9.17, 15) is 4.79 Å². The number of hydrogen-bond donors (Lipinski definition) is 4. The van der Waals surface area contributed by atoms with E-state index in [-0.39, 0.29) is 12.2 Å². The van der Waals surface area contributed by atoms with Crippen molar-refractivity contribution in [2.45, 2.75) is 39.3 Å². The molecule has 1 aromatic heterocycles. The molecule has 0 amide bonds. The highest BCUT2D eigenvalue weighted by Gasteiger charge is 2.23. The molecule has 0 saturated carbocycles. The molecule has 11 nitrogen and oxygen atoms in total. The summed E-state index contributed by atoms with van der Waals surface area (Å²) in [4.78, 5) is 23.7. The molecule has 0 bridgehead atoms. The number of anilines is 2. The van der Waals surface area contributed by atoms with Crippen molar-refractivity contribution in [2.24, 2.45) is 10.9 Å². The molecule has 11 heteroatoms. The fraction of sp³-hybridized carbons (Fsp3) is 0.571. The number of nitrogens with zero attached hydrogens (tertiary/aromatic N) is 6. The van der Waals surface area contributed by atoms with Gasteiger partial charge in [-0.25, -0.2) is 5.10 Å². The van der Waals surface area contributed by atoms with E-state index in [0.29, 0.717) is 30.3 Å². The summed E-state index contributed by atoms with van der Waals surface area (Å²) < 4.78 is 0. The van der Waals surface area contributed by atoms with Gasteiger partial charge in [0.1, 0.15) is 6.17 Å². The van der Waals surface area contributed by atoms with Gasteiger partial charge in [-0.2, -0.15) is 10.4 Å². The second-order valence-corrected chi connectivity index (χ2v) is 9.62. The number of β-amino-alcohol motifs (C(OH)–C–C–N with tert-alkyl or cyclic N) is 1. The summed E-state index contributed by atoms with van der Waals surface area (Å²) in [6, 6.07) is 10.5. The average Bonchev–Trinajstić information content (AvgIpc) is 2.98. The van der Waals surface area contributed by atoms with Crippen LogP contribution in [-0.2, 0) is 0 Å². The number of piperazine rings is 1. The number of aliphatic hydroxyl groups is 1. The molecule has 39 heavy (non-hydrogen) atoms. The summed E-state index contributed by atoms with van der Waals surface area (Å²) in [5.74, 6) is 0.464. The number of H-pyrrole nitrogens is 1. The molecule has 0 radical (unpaired) electrons. The van der Waals surface area contributed by atoms with Crippen LogP contribution < -0.4 is 21.1 Å². The predicted molar refractivity (Wildman–Crippen MR) is 156 cm³/mol. The summed E-state index contributed by atoms with van der Waals surface area (Å²) in [5.41, 5.74) is 2.57. The van der Waals surface area contributed by atoms with Gasteiger partial charge in [-0.05, 0) is 62.8 Å². The summed E-state index contributed by atoms with van der Waals surface area (Å²) in [6.45, 7) is 14.6. The van der Waals surface area contributed by atoms with E-state index in [1.54, 1.807) is 0 Å². The number of hydrogen-bond acceptors (Lipinski definition) is 10. The van der Waals surface area contributed by atoms with Crippen molar-refractivity contribution >= 4 is 23.8 Å². The average molecular weight is 538 g/mol. The lowest BCUT2D eigenvalue weighted by Crippen LogP contribution is -2.47. The molecule has 4 N–H and O–H groups in total. The molecular weight excluding hydrogens is 494 g/mol. The number of aromatic amines is 1. The topological polar surface area (TPSA) is 136 Å². The molecule has 2 aliphatic rings. The Morgan fingerprint density at radius 3 is 2.46 bits per heavy atom. The number of aliphatic hydroxyl groups excluding tert-OH is 1. The normalized spacial score (nSPS) is 17.5. The summed E-state index contributed by atoms with van der Waals surface area (Å²) >= 11 is 0. The van der Waals surface area contributed by atoms with Crippen molar-refractivity contribution < 1.29 is 5.11 Å².